The lowest BCUT2D eigenvalue weighted by atomic mass is 9.78. The van der Waals surface area contributed by atoms with E-state index in [0.717, 1.165) is 11.0 Å². The fourth-order valence-corrected chi connectivity index (χ4v) is 2.21. The van der Waals surface area contributed by atoms with Crippen LogP contribution in [0.5, 0.6) is 0 Å². The van der Waals surface area contributed by atoms with Gasteiger partial charge in [0.05, 0.1) is 11.2 Å². The molecule has 1 aromatic heterocycles. The highest BCUT2D eigenvalue weighted by atomic mass is 16.7. The number of hydrogen-bond donors (Lipinski definition) is 0. The van der Waals surface area contributed by atoms with Crippen molar-refractivity contribution in [2.24, 2.45) is 0 Å². The van der Waals surface area contributed by atoms with E-state index < -0.39 is 0 Å². The molecule has 0 spiro atoms. The fraction of sp³-hybridized carbons (Fsp3) is 0.467. The highest BCUT2D eigenvalue weighted by molar-refractivity contribution is 6.62. The molecule has 1 aromatic carbocycles. The molecule has 6 heteroatoms. The van der Waals surface area contributed by atoms with E-state index in [-0.39, 0.29) is 18.3 Å². The Bertz CT molecular complexity index is 650. The second kappa shape index (κ2) is 4.68. The summed E-state index contributed by atoms with van der Waals surface area (Å²) < 4.78 is 17.6. The monoisotopic (exact) mass is 286 g/mol. The molecule has 0 N–H and O–H groups in total. The molecule has 2 aromatic rings. The largest absolute Gasteiger partial charge is 0.494 e. The molecule has 0 aliphatic carbocycles. The Morgan fingerprint density at radius 2 is 1.67 bits per heavy atom. The molecule has 110 valence electrons. The normalized spacial score (nSPS) is 20.0. The predicted octanol–water partition coefficient (Wildman–Crippen LogP) is 2.34. The van der Waals surface area contributed by atoms with E-state index >= 15 is 0 Å². The van der Waals surface area contributed by atoms with Crippen molar-refractivity contribution >= 4 is 12.6 Å². The summed E-state index contributed by atoms with van der Waals surface area (Å²) >= 11 is 0. The van der Waals surface area contributed by atoms with Crippen LogP contribution in [0.2, 0.25) is 0 Å². The quantitative estimate of drug-likeness (QED) is 0.793. The molecule has 3 rings (SSSR count). The van der Waals surface area contributed by atoms with E-state index in [4.69, 9.17) is 13.7 Å². The smallest absolute Gasteiger partial charge is 0.421 e. The van der Waals surface area contributed by atoms with Crippen LogP contribution in [-0.2, 0) is 9.31 Å². The van der Waals surface area contributed by atoms with Crippen LogP contribution >= 0.6 is 0 Å². The van der Waals surface area contributed by atoms with Gasteiger partial charge in [0.1, 0.15) is 0 Å². The standard InChI is InChI=1S/C15H19BN2O3/c1-10-17-18-13(19-10)11-7-6-8-12(9-11)16-20-14(2,3)15(4,5)21-16/h6-9H,1-5H3. The molecule has 21 heavy (non-hydrogen) atoms. The third-order valence-electron chi connectivity index (χ3n) is 4.19. The number of aryl methyl sites for hydroxylation is 1. The number of aromatic nitrogens is 2. The van der Waals surface area contributed by atoms with Crippen LogP contribution in [0.3, 0.4) is 0 Å². The molecule has 0 saturated carbocycles. The SMILES string of the molecule is Cc1nnc(-c2cccc(B3OC(C)(C)C(C)(C)O3)c2)o1. The van der Waals surface area contributed by atoms with Gasteiger partial charge in [0, 0.05) is 12.5 Å². The molecular weight excluding hydrogens is 267 g/mol. The number of hydrogen-bond acceptors (Lipinski definition) is 5. The topological polar surface area (TPSA) is 57.4 Å². The van der Waals surface area contributed by atoms with Gasteiger partial charge in [-0.05, 0) is 45.3 Å². The second-order valence-corrected chi connectivity index (χ2v) is 6.34. The van der Waals surface area contributed by atoms with Gasteiger partial charge in [0.15, 0.2) is 0 Å². The Kier molecular flexibility index (Phi) is 3.18. The lowest BCUT2D eigenvalue weighted by Gasteiger charge is -2.32. The summed E-state index contributed by atoms with van der Waals surface area (Å²) in [4.78, 5) is 0. The molecular formula is C15H19BN2O3. The average Bonchev–Trinajstić information content (AvgIpc) is 2.92. The van der Waals surface area contributed by atoms with Crippen molar-refractivity contribution in [2.45, 2.75) is 45.8 Å². The van der Waals surface area contributed by atoms with Gasteiger partial charge in [-0.25, -0.2) is 0 Å². The van der Waals surface area contributed by atoms with E-state index in [1.54, 1.807) is 6.92 Å². The zero-order valence-electron chi connectivity index (χ0n) is 13.0. The number of rotatable bonds is 2. The molecule has 5 nitrogen and oxygen atoms in total. The van der Waals surface area contributed by atoms with Crippen molar-refractivity contribution in [3.63, 3.8) is 0 Å². The van der Waals surface area contributed by atoms with Crippen molar-refractivity contribution in [1.29, 1.82) is 0 Å². The summed E-state index contributed by atoms with van der Waals surface area (Å²) in [5.41, 5.74) is 1.11. The van der Waals surface area contributed by atoms with E-state index in [0.29, 0.717) is 11.8 Å². The maximum atomic E-state index is 6.06. The summed E-state index contributed by atoms with van der Waals surface area (Å²) in [7, 11) is -0.390. The van der Waals surface area contributed by atoms with Crippen LogP contribution in [0.25, 0.3) is 11.5 Å². The maximum absolute atomic E-state index is 6.06. The van der Waals surface area contributed by atoms with Crippen molar-refractivity contribution < 1.29 is 13.7 Å². The minimum atomic E-state index is -0.390. The molecule has 0 amide bonds. The Labute approximate surface area is 124 Å². The van der Waals surface area contributed by atoms with E-state index in [2.05, 4.69) is 10.2 Å². The summed E-state index contributed by atoms with van der Waals surface area (Å²) in [6.07, 6.45) is 0. The molecule has 1 aliphatic rings. The van der Waals surface area contributed by atoms with Gasteiger partial charge >= 0.3 is 7.12 Å². The predicted molar refractivity (Wildman–Crippen MR) is 80.2 cm³/mol. The Morgan fingerprint density at radius 3 is 2.24 bits per heavy atom. The van der Waals surface area contributed by atoms with Crippen molar-refractivity contribution in [2.75, 3.05) is 0 Å². The number of nitrogens with zero attached hydrogens (tertiary/aromatic N) is 2. The first-order valence-electron chi connectivity index (χ1n) is 7.05. The van der Waals surface area contributed by atoms with Crippen LogP contribution in [0.15, 0.2) is 28.7 Å². The third kappa shape index (κ3) is 2.49. The molecule has 1 saturated heterocycles. The first kappa shape index (κ1) is 14.3. The van der Waals surface area contributed by atoms with Gasteiger partial charge in [-0.1, -0.05) is 12.1 Å². The van der Waals surface area contributed by atoms with Gasteiger partial charge in [-0.2, -0.15) is 0 Å². The Balaban J connectivity index is 1.91. The Morgan fingerprint density at radius 1 is 1.00 bits per heavy atom. The third-order valence-corrected chi connectivity index (χ3v) is 4.19. The van der Waals surface area contributed by atoms with Crippen LogP contribution < -0.4 is 5.46 Å². The van der Waals surface area contributed by atoms with Crippen LogP contribution in [-0.4, -0.2) is 28.5 Å². The van der Waals surface area contributed by atoms with Gasteiger partial charge in [-0.3, -0.25) is 0 Å². The van der Waals surface area contributed by atoms with Gasteiger partial charge < -0.3 is 13.7 Å². The first-order valence-corrected chi connectivity index (χ1v) is 7.05. The van der Waals surface area contributed by atoms with E-state index in [9.17, 15) is 0 Å². The Hall–Kier alpha value is -1.66. The summed E-state index contributed by atoms with van der Waals surface area (Å²) in [6, 6.07) is 7.82. The zero-order chi connectivity index (χ0) is 15.3. The van der Waals surface area contributed by atoms with Crippen LogP contribution in [0, 0.1) is 6.92 Å². The summed E-state index contributed by atoms with van der Waals surface area (Å²) in [5, 5.41) is 7.90. The molecule has 0 radical (unpaired) electrons. The minimum Gasteiger partial charge on any atom is -0.421 e. The maximum Gasteiger partial charge on any atom is 0.494 e. The van der Waals surface area contributed by atoms with Gasteiger partial charge in [0.25, 0.3) is 0 Å². The van der Waals surface area contributed by atoms with Gasteiger partial charge in [0.2, 0.25) is 11.8 Å². The zero-order valence-corrected chi connectivity index (χ0v) is 13.0. The first-order chi connectivity index (χ1) is 9.78. The molecule has 0 bridgehead atoms. The lowest BCUT2D eigenvalue weighted by Crippen LogP contribution is -2.41. The van der Waals surface area contributed by atoms with Gasteiger partial charge in [-0.15, -0.1) is 10.2 Å². The highest BCUT2D eigenvalue weighted by Gasteiger charge is 2.51. The summed E-state index contributed by atoms with van der Waals surface area (Å²) in [5.74, 6) is 1.05. The van der Waals surface area contributed by atoms with Crippen molar-refractivity contribution in [3.8, 4) is 11.5 Å². The molecule has 2 heterocycles. The molecule has 1 aliphatic heterocycles. The van der Waals surface area contributed by atoms with Crippen molar-refractivity contribution in [3.05, 3.63) is 30.2 Å². The van der Waals surface area contributed by atoms with Crippen LogP contribution in [0.1, 0.15) is 33.6 Å². The molecule has 1 fully saturated rings. The second-order valence-electron chi connectivity index (χ2n) is 6.34. The highest BCUT2D eigenvalue weighted by Crippen LogP contribution is 2.36. The number of benzene rings is 1. The molecule has 0 unspecified atom stereocenters. The van der Waals surface area contributed by atoms with Crippen LogP contribution in [0.4, 0.5) is 0 Å². The lowest BCUT2D eigenvalue weighted by molar-refractivity contribution is 0.00578. The van der Waals surface area contributed by atoms with Crippen molar-refractivity contribution in [1.82, 2.24) is 10.2 Å². The fourth-order valence-electron chi connectivity index (χ4n) is 2.21. The minimum absolute atomic E-state index is 0.352. The van der Waals surface area contributed by atoms with E-state index in [1.165, 1.54) is 0 Å². The molecule has 0 atom stereocenters. The van der Waals surface area contributed by atoms with E-state index in [1.807, 2.05) is 52.0 Å². The summed E-state index contributed by atoms with van der Waals surface area (Å²) in [6.45, 7) is 9.93. The average molecular weight is 286 g/mol.